The molecule has 1 N–H and O–H groups in total. The SMILES string of the molecule is Cc1ccccc1CN(C)C(=O)NCc1sccc1C. The monoisotopic (exact) mass is 288 g/mol. The second-order valence-electron chi connectivity index (χ2n) is 4.97. The number of thiophene rings is 1. The van der Waals surface area contributed by atoms with Crippen molar-refractivity contribution >= 4 is 17.4 Å². The Labute approximate surface area is 124 Å². The minimum absolute atomic E-state index is 0.0407. The summed E-state index contributed by atoms with van der Waals surface area (Å²) in [4.78, 5) is 15.0. The quantitative estimate of drug-likeness (QED) is 0.914. The molecule has 1 aromatic carbocycles. The Morgan fingerprint density at radius 1 is 1.20 bits per heavy atom. The third-order valence-electron chi connectivity index (χ3n) is 3.38. The lowest BCUT2D eigenvalue weighted by atomic mass is 10.1. The summed E-state index contributed by atoms with van der Waals surface area (Å²) in [6.45, 7) is 5.35. The van der Waals surface area contributed by atoms with Gasteiger partial charge in [0.2, 0.25) is 0 Å². The molecule has 1 aromatic heterocycles. The third-order valence-corrected chi connectivity index (χ3v) is 4.41. The first-order chi connectivity index (χ1) is 9.58. The number of hydrogen-bond donors (Lipinski definition) is 1. The zero-order valence-corrected chi connectivity index (χ0v) is 13.0. The number of rotatable bonds is 4. The molecule has 0 atom stereocenters. The third kappa shape index (κ3) is 3.61. The fourth-order valence-electron chi connectivity index (χ4n) is 1.99. The first-order valence-corrected chi connectivity index (χ1v) is 7.52. The largest absolute Gasteiger partial charge is 0.333 e. The van der Waals surface area contributed by atoms with E-state index < -0.39 is 0 Å². The first-order valence-electron chi connectivity index (χ1n) is 6.64. The van der Waals surface area contributed by atoms with Crippen LogP contribution in [0.3, 0.4) is 0 Å². The second kappa shape index (κ2) is 6.57. The van der Waals surface area contributed by atoms with E-state index in [1.165, 1.54) is 21.6 Å². The van der Waals surface area contributed by atoms with Crippen LogP contribution in [0.1, 0.15) is 21.6 Å². The van der Waals surface area contributed by atoms with Gasteiger partial charge in [0.1, 0.15) is 0 Å². The van der Waals surface area contributed by atoms with Gasteiger partial charge in [-0.3, -0.25) is 0 Å². The molecule has 2 aromatic rings. The number of carbonyl (C=O) groups is 1. The summed E-state index contributed by atoms with van der Waals surface area (Å²) in [7, 11) is 1.82. The van der Waals surface area contributed by atoms with Crippen molar-refractivity contribution in [3.8, 4) is 0 Å². The van der Waals surface area contributed by atoms with Crippen LogP contribution in [-0.2, 0) is 13.1 Å². The number of benzene rings is 1. The van der Waals surface area contributed by atoms with E-state index in [2.05, 4.69) is 37.4 Å². The normalized spacial score (nSPS) is 10.3. The summed E-state index contributed by atoms with van der Waals surface area (Å²) < 4.78 is 0. The van der Waals surface area contributed by atoms with Crippen LogP contribution in [0.2, 0.25) is 0 Å². The average Bonchev–Trinajstić information content (AvgIpc) is 2.84. The number of urea groups is 1. The van der Waals surface area contributed by atoms with Crippen molar-refractivity contribution in [3.63, 3.8) is 0 Å². The molecule has 0 bridgehead atoms. The van der Waals surface area contributed by atoms with Gasteiger partial charge < -0.3 is 10.2 Å². The number of carbonyl (C=O) groups excluding carboxylic acids is 1. The predicted molar refractivity (Wildman–Crippen MR) is 83.9 cm³/mol. The fourth-order valence-corrected chi connectivity index (χ4v) is 2.84. The van der Waals surface area contributed by atoms with Crippen molar-refractivity contribution in [2.45, 2.75) is 26.9 Å². The summed E-state index contributed by atoms with van der Waals surface area (Å²) in [5.41, 5.74) is 3.62. The maximum atomic E-state index is 12.1. The van der Waals surface area contributed by atoms with Crippen molar-refractivity contribution in [2.75, 3.05) is 7.05 Å². The number of amides is 2. The highest BCUT2D eigenvalue weighted by Crippen LogP contribution is 2.15. The average molecular weight is 288 g/mol. The Morgan fingerprint density at radius 2 is 1.95 bits per heavy atom. The van der Waals surface area contributed by atoms with Gasteiger partial charge in [0.05, 0.1) is 6.54 Å². The van der Waals surface area contributed by atoms with E-state index in [0.717, 1.165) is 0 Å². The molecule has 106 valence electrons. The molecule has 0 unspecified atom stereocenters. The van der Waals surface area contributed by atoms with Crippen molar-refractivity contribution in [2.24, 2.45) is 0 Å². The summed E-state index contributed by atoms with van der Waals surface area (Å²) in [6, 6.07) is 10.2. The molecule has 0 aliphatic carbocycles. The Morgan fingerprint density at radius 3 is 2.60 bits per heavy atom. The van der Waals surface area contributed by atoms with Crippen LogP contribution >= 0.6 is 11.3 Å². The van der Waals surface area contributed by atoms with Gasteiger partial charge in [0.25, 0.3) is 0 Å². The van der Waals surface area contributed by atoms with Gasteiger partial charge in [-0.1, -0.05) is 24.3 Å². The van der Waals surface area contributed by atoms with Crippen molar-refractivity contribution < 1.29 is 4.79 Å². The van der Waals surface area contributed by atoms with E-state index in [9.17, 15) is 4.79 Å². The van der Waals surface area contributed by atoms with Gasteiger partial charge in [-0.05, 0) is 42.0 Å². The minimum atomic E-state index is -0.0407. The molecule has 2 rings (SSSR count). The van der Waals surface area contributed by atoms with Crippen LogP contribution in [0.4, 0.5) is 4.79 Å². The Bertz CT molecular complexity index is 592. The molecule has 2 amide bonds. The van der Waals surface area contributed by atoms with Crippen molar-refractivity contribution in [1.29, 1.82) is 0 Å². The van der Waals surface area contributed by atoms with E-state index in [1.807, 2.05) is 24.6 Å². The number of aryl methyl sites for hydroxylation is 2. The topological polar surface area (TPSA) is 32.3 Å². The van der Waals surface area contributed by atoms with E-state index in [1.54, 1.807) is 16.2 Å². The molecule has 1 heterocycles. The molecule has 0 saturated heterocycles. The molecule has 0 spiro atoms. The molecule has 0 aliphatic rings. The number of nitrogens with one attached hydrogen (secondary N) is 1. The van der Waals surface area contributed by atoms with Crippen LogP contribution in [0.15, 0.2) is 35.7 Å². The summed E-state index contributed by atoms with van der Waals surface area (Å²) in [5, 5.41) is 5.01. The standard InChI is InChI=1S/C16H20N2OS/c1-12-6-4-5-7-14(12)11-18(3)16(19)17-10-15-13(2)8-9-20-15/h4-9H,10-11H2,1-3H3,(H,17,19). The number of hydrogen-bond acceptors (Lipinski definition) is 2. The summed E-state index contributed by atoms with van der Waals surface area (Å²) in [5.74, 6) is 0. The Hall–Kier alpha value is -1.81. The second-order valence-corrected chi connectivity index (χ2v) is 5.97. The van der Waals surface area contributed by atoms with Gasteiger partial charge in [0, 0.05) is 18.5 Å². The van der Waals surface area contributed by atoms with Crippen LogP contribution in [0, 0.1) is 13.8 Å². The van der Waals surface area contributed by atoms with Crippen LogP contribution < -0.4 is 5.32 Å². The maximum Gasteiger partial charge on any atom is 0.317 e. The zero-order valence-electron chi connectivity index (χ0n) is 12.1. The molecular weight excluding hydrogens is 268 g/mol. The first kappa shape index (κ1) is 14.6. The maximum absolute atomic E-state index is 12.1. The molecule has 0 fully saturated rings. The summed E-state index contributed by atoms with van der Waals surface area (Å²) in [6.07, 6.45) is 0. The predicted octanol–water partition coefficient (Wildman–Crippen LogP) is 3.71. The lowest BCUT2D eigenvalue weighted by Crippen LogP contribution is -2.36. The van der Waals surface area contributed by atoms with Gasteiger partial charge in [-0.2, -0.15) is 0 Å². The van der Waals surface area contributed by atoms with Gasteiger partial charge in [-0.15, -0.1) is 11.3 Å². The van der Waals surface area contributed by atoms with Gasteiger partial charge >= 0.3 is 6.03 Å². The van der Waals surface area contributed by atoms with E-state index >= 15 is 0 Å². The van der Waals surface area contributed by atoms with Crippen LogP contribution in [0.5, 0.6) is 0 Å². The van der Waals surface area contributed by atoms with E-state index in [4.69, 9.17) is 0 Å². The molecular formula is C16H20N2OS. The minimum Gasteiger partial charge on any atom is -0.333 e. The lowest BCUT2D eigenvalue weighted by molar-refractivity contribution is 0.206. The fraction of sp³-hybridized carbons (Fsp3) is 0.312. The molecule has 0 saturated carbocycles. The van der Waals surface area contributed by atoms with Crippen LogP contribution in [-0.4, -0.2) is 18.0 Å². The van der Waals surface area contributed by atoms with E-state index in [0.29, 0.717) is 13.1 Å². The Kier molecular flexibility index (Phi) is 4.79. The highest BCUT2D eigenvalue weighted by Gasteiger charge is 2.10. The molecule has 3 nitrogen and oxygen atoms in total. The highest BCUT2D eigenvalue weighted by atomic mass is 32.1. The summed E-state index contributed by atoms with van der Waals surface area (Å²) >= 11 is 1.68. The van der Waals surface area contributed by atoms with Crippen molar-refractivity contribution in [3.05, 3.63) is 57.3 Å². The van der Waals surface area contributed by atoms with Gasteiger partial charge in [-0.25, -0.2) is 4.79 Å². The number of nitrogens with zero attached hydrogens (tertiary/aromatic N) is 1. The Balaban J connectivity index is 1.89. The van der Waals surface area contributed by atoms with Gasteiger partial charge in [0.15, 0.2) is 0 Å². The molecule has 0 radical (unpaired) electrons. The lowest BCUT2D eigenvalue weighted by Gasteiger charge is -2.19. The molecule has 4 heteroatoms. The zero-order chi connectivity index (χ0) is 14.5. The van der Waals surface area contributed by atoms with E-state index in [-0.39, 0.29) is 6.03 Å². The molecule has 0 aliphatic heterocycles. The molecule has 20 heavy (non-hydrogen) atoms. The van der Waals surface area contributed by atoms with Crippen LogP contribution in [0.25, 0.3) is 0 Å². The smallest absolute Gasteiger partial charge is 0.317 e. The van der Waals surface area contributed by atoms with Crippen molar-refractivity contribution in [1.82, 2.24) is 10.2 Å². The highest BCUT2D eigenvalue weighted by molar-refractivity contribution is 7.10.